The Balaban J connectivity index is 0.000000312. The summed E-state index contributed by atoms with van der Waals surface area (Å²) >= 11 is 0. The first-order chi connectivity index (χ1) is 8.95. The number of hydrogen-bond donors (Lipinski definition) is 0. The van der Waals surface area contributed by atoms with Gasteiger partial charge in [-0.05, 0) is 12.1 Å². The molecule has 5 nitrogen and oxygen atoms in total. The number of rotatable bonds is 0. The Kier molecular flexibility index (Phi) is 5.96. The van der Waals surface area contributed by atoms with Crippen LogP contribution in [-0.4, -0.2) is 0 Å². The van der Waals surface area contributed by atoms with Gasteiger partial charge in [-0.2, -0.15) is 0 Å². The molecule has 19 heavy (non-hydrogen) atoms. The molecule has 2 aromatic rings. The third-order valence-corrected chi connectivity index (χ3v) is 1.78. The molecule has 0 saturated heterocycles. The molecule has 0 saturated carbocycles. The van der Waals surface area contributed by atoms with Gasteiger partial charge in [0.25, 0.3) is 0 Å². The van der Waals surface area contributed by atoms with Crippen molar-refractivity contribution in [3.63, 3.8) is 0 Å². The van der Waals surface area contributed by atoms with E-state index < -0.39 is 10.2 Å². The second kappa shape index (κ2) is 7.48. The van der Waals surface area contributed by atoms with E-state index in [0.717, 1.165) is 11.1 Å². The van der Waals surface area contributed by atoms with Gasteiger partial charge in [-0.1, -0.05) is 30.0 Å². The minimum Gasteiger partial charge on any atom is -0.224 e. The predicted octanol–water partition coefficient (Wildman–Crippen LogP) is -1.80. The minimum atomic E-state index is -4.94. The maximum atomic E-state index is 8.49. The molecule has 1 heterocycles. The van der Waals surface area contributed by atoms with E-state index in [9.17, 15) is 0 Å². The molecule has 0 bridgehead atoms. The second-order valence-electron chi connectivity index (χ2n) is 3.19. The van der Waals surface area contributed by atoms with E-state index >= 15 is 0 Å². The van der Waals surface area contributed by atoms with Crippen LogP contribution < -0.4 is 18.6 Å². The van der Waals surface area contributed by atoms with Crippen LogP contribution in [0.25, 0.3) is 0 Å². The zero-order valence-electron chi connectivity index (χ0n) is 9.62. The van der Waals surface area contributed by atoms with E-state index in [1.165, 1.54) is 0 Å². The molecule has 2 rings (SSSR count). The summed E-state index contributed by atoms with van der Waals surface area (Å²) in [4.78, 5) is 0. The lowest BCUT2D eigenvalue weighted by Crippen LogP contribution is -2.68. The molecular formula is C13H9ClO5. The highest BCUT2D eigenvalue weighted by molar-refractivity contribution is 5.41. The first-order valence-corrected chi connectivity index (χ1v) is 6.23. The summed E-state index contributed by atoms with van der Waals surface area (Å²) in [6.07, 6.45) is 3.24. The number of benzene rings is 1. The summed E-state index contributed by atoms with van der Waals surface area (Å²) in [6.45, 7) is 0. The quantitative estimate of drug-likeness (QED) is 0.418. The van der Waals surface area contributed by atoms with Crippen molar-refractivity contribution < 1.29 is 33.3 Å². The van der Waals surface area contributed by atoms with Gasteiger partial charge in [0.1, 0.15) is 0 Å². The van der Waals surface area contributed by atoms with Crippen LogP contribution >= 0.6 is 0 Å². The fourth-order valence-electron chi connectivity index (χ4n) is 1.08. The van der Waals surface area contributed by atoms with E-state index in [0.29, 0.717) is 0 Å². The van der Waals surface area contributed by atoms with Gasteiger partial charge in [0.2, 0.25) is 0 Å². The SMILES string of the molecule is C(#Cc1cc[o+]cc1)c1ccccc1.[O-][Cl+3]([O-])([O-])[O-]. The summed E-state index contributed by atoms with van der Waals surface area (Å²) in [5.74, 6) is 6.12. The summed E-state index contributed by atoms with van der Waals surface area (Å²) < 4.78 is 38.9. The zero-order valence-corrected chi connectivity index (χ0v) is 10.4. The molecule has 1 aromatic carbocycles. The Morgan fingerprint density at radius 2 is 1.16 bits per heavy atom. The summed E-state index contributed by atoms with van der Waals surface area (Å²) in [6, 6.07) is 13.6. The first-order valence-electron chi connectivity index (χ1n) is 4.99. The Morgan fingerprint density at radius 1 is 0.737 bits per heavy atom. The van der Waals surface area contributed by atoms with Crippen molar-refractivity contribution in [3.8, 4) is 11.8 Å². The van der Waals surface area contributed by atoms with Gasteiger partial charge in [0.05, 0.1) is 12.1 Å². The van der Waals surface area contributed by atoms with E-state index in [-0.39, 0.29) is 0 Å². The number of halogens is 1. The van der Waals surface area contributed by atoms with Gasteiger partial charge in [-0.15, -0.1) is 10.2 Å². The molecule has 0 atom stereocenters. The predicted molar refractivity (Wildman–Crippen MR) is 55.5 cm³/mol. The van der Waals surface area contributed by atoms with E-state index in [2.05, 4.69) is 11.8 Å². The molecule has 0 amide bonds. The average molecular weight is 281 g/mol. The lowest BCUT2D eigenvalue weighted by atomic mass is 10.2. The average Bonchev–Trinajstić information content (AvgIpc) is 2.37. The Bertz CT molecular complexity index is 490. The fraction of sp³-hybridized carbons (Fsp3) is 0. The van der Waals surface area contributed by atoms with Crippen LogP contribution in [-0.2, 0) is 0 Å². The Morgan fingerprint density at radius 3 is 1.63 bits per heavy atom. The van der Waals surface area contributed by atoms with Crippen LogP contribution in [0, 0.1) is 22.1 Å². The highest BCUT2D eigenvalue weighted by Gasteiger charge is 1.89. The van der Waals surface area contributed by atoms with Crippen LogP contribution in [0.2, 0.25) is 0 Å². The van der Waals surface area contributed by atoms with Crippen molar-refractivity contribution in [2.75, 3.05) is 0 Å². The number of hydrogen-bond acceptors (Lipinski definition) is 4. The molecular weight excluding hydrogens is 272 g/mol. The summed E-state index contributed by atoms with van der Waals surface area (Å²) in [5.41, 5.74) is 1.98. The van der Waals surface area contributed by atoms with Crippen LogP contribution in [0.3, 0.4) is 0 Å². The molecule has 0 unspecified atom stereocenters. The molecule has 0 aliphatic heterocycles. The smallest absolute Gasteiger partial charge is 0.224 e. The van der Waals surface area contributed by atoms with Gasteiger partial charge >= 0.3 is 12.5 Å². The third-order valence-electron chi connectivity index (χ3n) is 1.78. The van der Waals surface area contributed by atoms with Crippen molar-refractivity contribution in [2.45, 2.75) is 0 Å². The highest BCUT2D eigenvalue weighted by atomic mass is 35.7. The molecule has 0 aliphatic rings. The molecule has 0 N–H and O–H groups in total. The molecule has 0 fully saturated rings. The Hall–Kier alpha value is -1.94. The van der Waals surface area contributed by atoms with Crippen molar-refractivity contribution in [2.24, 2.45) is 0 Å². The van der Waals surface area contributed by atoms with E-state index in [4.69, 9.17) is 23.1 Å². The largest absolute Gasteiger partial charge is 0.319 e. The van der Waals surface area contributed by atoms with Crippen LogP contribution in [0.1, 0.15) is 11.1 Å². The standard InChI is InChI=1S/C13H9O.ClHO4/c1-2-4-12(5-3-1)6-7-13-8-10-14-11-9-13;2-1(3,4)5/h1-5,8-11H;(H,2,3,4,5)/q+1;/p-1. The summed E-state index contributed by atoms with van der Waals surface area (Å²) in [7, 11) is -4.94. The monoisotopic (exact) mass is 280 g/mol. The lowest BCUT2D eigenvalue weighted by Gasteiger charge is -2.17. The molecule has 1 aromatic heterocycles. The zero-order chi connectivity index (χ0) is 14.1. The van der Waals surface area contributed by atoms with Crippen LogP contribution in [0.4, 0.5) is 0 Å². The van der Waals surface area contributed by atoms with Crippen molar-refractivity contribution in [3.05, 3.63) is 66.1 Å². The van der Waals surface area contributed by atoms with Gasteiger partial charge in [-0.3, -0.25) is 0 Å². The maximum Gasteiger partial charge on any atom is 0.319 e. The molecule has 6 heteroatoms. The molecule has 98 valence electrons. The van der Waals surface area contributed by atoms with Crippen LogP contribution in [0.5, 0.6) is 0 Å². The Labute approximate surface area is 112 Å². The second-order valence-corrected chi connectivity index (χ2v) is 3.95. The molecule has 0 aliphatic carbocycles. The fourth-order valence-corrected chi connectivity index (χ4v) is 1.08. The maximum absolute atomic E-state index is 8.49. The van der Waals surface area contributed by atoms with Crippen molar-refractivity contribution >= 4 is 0 Å². The molecule has 0 radical (unpaired) electrons. The van der Waals surface area contributed by atoms with Gasteiger partial charge in [0, 0.05) is 11.1 Å². The first kappa shape index (κ1) is 15.1. The van der Waals surface area contributed by atoms with Crippen molar-refractivity contribution in [1.82, 2.24) is 0 Å². The van der Waals surface area contributed by atoms with Crippen LogP contribution in [0.15, 0.2) is 59.4 Å². The van der Waals surface area contributed by atoms with Crippen molar-refractivity contribution in [1.29, 1.82) is 0 Å². The van der Waals surface area contributed by atoms with E-state index in [1.54, 1.807) is 12.5 Å². The topological polar surface area (TPSA) is 104 Å². The minimum absolute atomic E-state index is 0.958. The summed E-state index contributed by atoms with van der Waals surface area (Å²) in [5, 5.41) is 0. The third kappa shape index (κ3) is 8.74. The molecule has 0 spiro atoms. The van der Waals surface area contributed by atoms with Gasteiger partial charge < -0.3 is 0 Å². The van der Waals surface area contributed by atoms with Gasteiger partial charge in [0.15, 0.2) is 0 Å². The lowest BCUT2D eigenvalue weighted by molar-refractivity contribution is -2.00. The van der Waals surface area contributed by atoms with E-state index in [1.807, 2.05) is 42.5 Å². The highest BCUT2D eigenvalue weighted by Crippen LogP contribution is 1.98. The van der Waals surface area contributed by atoms with Gasteiger partial charge in [-0.25, -0.2) is 23.1 Å². The normalized spacial score (nSPS) is 9.68.